The fourth-order valence-corrected chi connectivity index (χ4v) is 4.01. The van der Waals surface area contributed by atoms with Crippen molar-refractivity contribution in [2.24, 2.45) is 0 Å². The van der Waals surface area contributed by atoms with E-state index in [0.29, 0.717) is 10.6 Å². The summed E-state index contributed by atoms with van der Waals surface area (Å²) in [5, 5.41) is 6.71. The summed E-state index contributed by atoms with van der Waals surface area (Å²) in [4.78, 5) is 29.0. The second-order valence-corrected chi connectivity index (χ2v) is 8.95. The van der Waals surface area contributed by atoms with E-state index in [9.17, 15) is 9.59 Å². The first-order valence-electron chi connectivity index (χ1n) is 11.1. The number of benzene rings is 2. The van der Waals surface area contributed by atoms with Crippen LogP contribution in [0.25, 0.3) is 0 Å². The fraction of sp³-hybridized carbons (Fsp3) is 0.185. The molecule has 2 heterocycles. The molecule has 2 aliphatic heterocycles. The van der Waals surface area contributed by atoms with Crippen LogP contribution in [0, 0.1) is 0 Å². The van der Waals surface area contributed by atoms with Gasteiger partial charge in [0, 0.05) is 17.8 Å². The first kappa shape index (κ1) is 24.6. The molecule has 0 radical (unpaired) electrons. The van der Waals surface area contributed by atoms with E-state index < -0.39 is 24.0 Å². The number of halogens is 2. The molecular weight excluding hydrogens is 485 g/mol. The van der Waals surface area contributed by atoms with Crippen molar-refractivity contribution in [3.63, 3.8) is 0 Å². The highest BCUT2D eigenvalue weighted by atomic mass is 35.5. The predicted molar refractivity (Wildman–Crippen MR) is 137 cm³/mol. The highest BCUT2D eigenvalue weighted by molar-refractivity contribution is 6.30. The average molecular weight is 510 g/mol. The number of rotatable bonds is 8. The minimum Gasteiger partial charge on any atom is -0.460 e. The summed E-state index contributed by atoms with van der Waals surface area (Å²) >= 11 is 12.1. The van der Waals surface area contributed by atoms with Crippen LogP contribution in [-0.2, 0) is 20.9 Å². The molecule has 2 aromatic carbocycles. The van der Waals surface area contributed by atoms with Gasteiger partial charge in [0.05, 0.1) is 0 Å². The molecule has 3 unspecified atom stereocenters. The average Bonchev–Trinajstić information content (AvgIpc) is 2.89. The Morgan fingerprint density at radius 1 is 1.00 bits per heavy atom. The van der Waals surface area contributed by atoms with Crippen LogP contribution < -0.4 is 10.6 Å². The van der Waals surface area contributed by atoms with E-state index in [2.05, 4.69) is 10.6 Å². The Morgan fingerprint density at radius 2 is 1.77 bits per heavy atom. The number of hydrogen-bond donors (Lipinski definition) is 2. The van der Waals surface area contributed by atoms with Gasteiger partial charge in [0.15, 0.2) is 5.92 Å². The maximum absolute atomic E-state index is 14.0. The van der Waals surface area contributed by atoms with Crippen molar-refractivity contribution in [3.8, 4) is 0 Å². The summed E-state index contributed by atoms with van der Waals surface area (Å²) in [5.41, 5.74) is 1.87. The third-order valence-electron chi connectivity index (χ3n) is 5.56. The van der Waals surface area contributed by atoms with Crippen LogP contribution in [0.1, 0.15) is 17.0 Å². The highest BCUT2D eigenvalue weighted by Crippen LogP contribution is 2.25. The van der Waals surface area contributed by atoms with Gasteiger partial charge in [-0.3, -0.25) is 9.59 Å². The zero-order chi connectivity index (χ0) is 24.6. The second-order valence-electron chi connectivity index (χ2n) is 8.05. The van der Waals surface area contributed by atoms with Crippen molar-refractivity contribution in [1.82, 2.24) is 15.5 Å². The van der Waals surface area contributed by atoms with Crippen molar-refractivity contribution >= 4 is 35.1 Å². The highest BCUT2D eigenvalue weighted by Gasteiger charge is 2.36. The van der Waals surface area contributed by atoms with Crippen LogP contribution >= 0.6 is 23.2 Å². The van der Waals surface area contributed by atoms with Gasteiger partial charge >= 0.3 is 5.97 Å². The van der Waals surface area contributed by atoms with Crippen LogP contribution in [0.5, 0.6) is 0 Å². The van der Waals surface area contributed by atoms with Crippen molar-refractivity contribution in [2.45, 2.75) is 24.2 Å². The lowest BCUT2D eigenvalue weighted by molar-refractivity contribution is -0.153. The van der Waals surface area contributed by atoms with Crippen LogP contribution in [0.4, 0.5) is 0 Å². The smallest absolute Gasteiger partial charge is 0.323 e. The monoisotopic (exact) mass is 509 g/mol. The molecule has 2 aliphatic rings. The quantitative estimate of drug-likeness (QED) is 0.235. The first-order chi connectivity index (χ1) is 17.0. The molecule has 0 aromatic heterocycles. The van der Waals surface area contributed by atoms with Gasteiger partial charge in [-0.1, -0.05) is 77.8 Å². The van der Waals surface area contributed by atoms with Crippen molar-refractivity contribution < 1.29 is 14.3 Å². The topological polar surface area (TPSA) is 70.7 Å². The summed E-state index contributed by atoms with van der Waals surface area (Å²) in [6, 6.07) is 16.0. The largest absolute Gasteiger partial charge is 0.460 e. The Labute approximate surface area is 214 Å². The zero-order valence-electron chi connectivity index (χ0n) is 18.8. The number of ether oxygens (including phenoxy) is 1. The number of alkyl halides is 1. The number of carbonyl (C=O) groups is 2. The first-order valence-corrected chi connectivity index (χ1v) is 12.0. The van der Waals surface area contributed by atoms with Crippen molar-refractivity contribution in [1.29, 1.82) is 0 Å². The summed E-state index contributed by atoms with van der Waals surface area (Å²) in [6.07, 6.45) is 12.3. The Balaban J connectivity index is 1.62. The van der Waals surface area contributed by atoms with Gasteiger partial charge in [0.25, 0.3) is 0 Å². The minimum atomic E-state index is -1.17. The molecule has 180 valence electrons. The second kappa shape index (κ2) is 11.8. The number of allylic oxidation sites excluding steroid dienone is 2. The number of amides is 1. The lowest BCUT2D eigenvalue weighted by Crippen LogP contribution is -2.50. The number of hydrogen-bond acceptors (Lipinski definition) is 5. The molecule has 0 aliphatic carbocycles. The molecule has 0 spiro atoms. The molecule has 4 rings (SSSR count). The lowest BCUT2D eigenvalue weighted by Gasteiger charge is -2.34. The molecule has 3 atom stereocenters. The van der Waals surface area contributed by atoms with E-state index in [-0.39, 0.29) is 18.7 Å². The maximum atomic E-state index is 14.0. The van der Waals surface area contributed by atoms with E-state index in [0.717, 1.165) is 11.1 Å². The van der Waals surface area contributed by atoms with Gasteiger partial charge in [-0.15, -0.1) is 0 Å². The van der Waals surface area contributed by atoms with Gasteiger partial charge in [0.2, 0.25) is 5.91 Å². The molecule has 0 saturated carbocycles. The maximum Gasteiger partial charge on any atom is 0.323 e. The number of esters is 1. The van der Waals surface area contributed by atoms with Gasteiger partial charge in [-0.2, -0.15) is 0 Å². The van der Waals surface area contributed by atoms with E-state index in [4.69, 9.17) is 27.9 Å². The molecule has 0 saturated heterocycles. The third-order valence-corrected chi connectivity index (χ3v) is 6.08. The third kappa shape index (κ3) is 6.56. The number of nitrogens with zero attached hydrogens (tertiary/aromatic N) is 1. The van der Waals surface area contributed by atoms with E-state index >= 15 is 0 Å². The molecule has 6 nitrogen and oxygen atoms in total. The number of nitrogens with one attached hydrogen (secondary N) is 2. The Morgan fingerprint density at radius 3 is 2.43 bits per heavy atom. The van der Waals surface area contributed by atoms with Gasteiger partial charge < -0.3 is 20.3 Å². The SMILES string of the molecule is O=C(OCc1ccccc1)C(C(=O)N(CC1=CNC(Cl)C=C1)C1C=CC=CN1)c1ccc(Cl)cc1. The van der Waals surface area contributed by atoms with E-state index in [1.807, 2.05) is 54.6 Å². The predicted octanol–water partition coefficient (Wildman–Crippen LogP) is 4.60. The Hall–Kier alpha value is -3.48. The number of dihydropyridines is 2. The van der Waals surface area contributed by atoms with Crippen LogP contribution in [0.2, 0.25) is 5.02 Å². The summed E-state index contributed by atoms with van der Waals surface area (Å²) in [7, 11) is 0. The van der Waals surface area contributed by atoms with Gasteiger partial charge in [-0.05, 0) is 53.3 Å². The van der Waals surface area contributed by atoms with E-state index in [1.54, 1.807) is 47.6 Å². The standard InChI is InChI=1S/C27H25Cl2N3O3/c28-22-12-10-21(11-13-22)25(27(34)35-18-19-6-2-1-3-7-19)26(33)32(24-8-4-5-15-30-24)17-20-9-14-23(29)31-16-20/h1-16,23-25,30-31H,17-18H2. The summed E-state index contributed by atoms with van der Waals surface area (Å²) < 4.78 is 5.61. The van der Waals surface area contributed by atoms with Gasteiger partial charge in [-0.25, -0.2) is 0 Å². The van der Waals surface area contributed by atoms with Crippen LogP contribution in [0.3, 0.4) is 0 Å². The Kier molecular flexibility index (Phi) is 8.29. The lowest BCUT2D eigenvalue weighted by atomic mass is 9.96. The fourth-order valence-electron chi connectivity index (χ4n) is 3.75. The molecule has 2 N–H and O–H groups in total. The zero-order valence-corrected chi connectivity index (χ0v) is 20.3. The molecule has 0 bridgehead atoms. The van der Waals surface area contributed by atoms with Crippen LogP contribution in [0.15, 0.2) is 103 Å². The molecule has 8 heteroatoms. The van der Waals surface area contributed by atoms with Crippen molar-refractivity contribution in [2.75, 3.05) is 6.54 Å². The molecule has 1 amide bonds. The molecule has 0 fully saturated rings. The summed E-state index contributed by atoms with van der Waals surface area (Å²) in [6.45, 7) is 0.314. The van der Waals surface area contributed by atoms with Crippen molar-refractivity contribution in [3.05, 3.63) is 119 Å². The number of carbonyl (C=O) groups excluding carboxylic acids is 2. The molecular formula is C27H25Cl2N3O3. The van der Waals surface area contributed by atoms with E-state index in [1.165, 1.54) is 0 Å². The summed E-state index contributed by atoms with van der Waals surface area (Å²) in [5.74, 6) is -2.20. The normalized spacial score (nSPS) is 19.2. The molecule has 2 aromatic rings. The Bertz CT molecular complexity index is 1160. The van der Waals surface area contributed by atoms with Gasteiger partial charge in [0.1, 0.15) is 18.3 Å². The minimum absolute atomic E-state index is 0.0658. The van der Waals surface area contributed by atoms with Crippen LogP contribution in [-0.4, -0.2) is 35.0 Å². The molecule has 35 heavy (non-hydrogen) atoms.